The Morgan fingerprint density at radius 3 is 2.41 bits per heavy atom. The van der Waals surface area contributed by atoms with Crippen LogP contribution in [-0.2, 0) is 6.42 Å². The van der Waals surface area contributed by atoms with Crippen LogP contribution < -0.4 is 5.32 Å². The maximum absolute atomic E-state index is 12.3. The molecular formula is C21H23N3O2S. The van der Waals surface area contributed by atoms with Gasteiger partial charge in [0.2, 0.25) is 5.89 Å². The number of carbonyl (C=O) groups is 1. The summed E-state index contributed by atoms with van der Waals surface area (Å²) < 4.78 is 5.56. The van der Waals surface area contributed by atoms with Crippen LogP contribution in [0.1, 0.15) is 54.1 Å². The second-order valence-corrected chi connectivity index (χ2v) is 7.82. The summed E-state index contributed by atoms with van der Waals surface area (Å²) in [6.45, 7) is 6.42. The first-order chi connectivity index (χ1) is 13.0. The van der Waals surface area contributed by atoms with E-state index in [1.54, 1.807) is 23.9 Å². The van der Waals surface area contributed by atoms with Gasteiger partial charge in [0.1, 0.15) is 0 Å². The largest absolute Gasteiger partial charge is 0.407 e. The second-order valence-electron chi connectivity index (χ2n) is 6.49. The monoisotopic (exact) mass is 381 g/mol. The summed E-state index contributed by atoms with van der Waals surface area (Å²) in [7, 11) is 0. The molecule has 1 heterocycles. The van der Waals surface area contributed by atoms with Gasteiger partial charge in [0.15, 0.2) is 0 Å². The molecule has 3 aromatic rings. The van der Waals surface area contributed by atoms with E-state index in [0.29, 0.717) is 23.8 Å². The SMILES string of the molecule is CCSc1ccc(C(=O)Nc2nnc(Cc3ccc(C(C)C)cc3)o2)cc1. The molecule has 0 spiro atoms. The predicted octanol–water partition coefficient (Wildman–Crippen LogP) is 5.15. The van der Waals surface area contributed by atoms with Crippen molar-refractivity contribution < 1.29 is 9.21 Å². The van der Waals surface area contributed by atoms with Gasteiger partial charge in [0, 0.05) is 10.5 Å². The van der Waals surface area contributed by atoms with Crippen molar-refractivity contribution in [2.24, 2.45) is 0 Å². The molecule has 0 aliphatic heterocycles. The summed E-state index contributed by atoms with van der Waals surface area (Å²) in [4.78, 5) is 13.4. The molecule has 5 nitrogen and oxygen atoms in total. The second kappa shape index (κ2) is 8.86. The highest BCUT2D eigenvalue weighted by atomic mass is 32.2. The van der Waals surface area contributed by atoms with Crippen molar-refractivity contribution in [2.45, 2.75) is 38.0 Å². The van der Waals surface area contributed by atoms with Crippen LogP contribution in [0.15, 0.2) is 57.8 Å². The highest BCUT2D eigenvalue weighted by Crippen LogP contribution is 2.19. The number of aromatic nitrogens is 2. The molecule has 0 aliphatic rings. The number of rotatable bonds is 7. The van der Waals surface area contributed by atoms with Crippen molar-refractivity contribution in [3.8, 4) is 0 Å². The van der Waals surface area contributed by atoms with E-state index in [0.717, 1.165) is 16.2 Å². The number of carbonyl (C=O) groups excluding carboxylic acids is 1. The van der Waals surface area contributed by atoms with E-state index in [1.165, 1.54) is 5.56 Å². The molecule has 0 bridgehead atoms. The lowest BCUT2D eigenvalue weighted by molar-refractivity contribution is 0.102. The Morgan fingerprint density at radius 2 is 1.78 bits per heavy atom. The summed E-state index contributed by atoms with van der Waals surface area (Å²) >= 11 is 1.73. The average molecular weight is 382 g/mol. The summed E-state index contributed by atoms with van der Waals surface area (Å²) in [5.74, 6) is 1.70. The Labute approximate surface area is 163 Å². The smallest absolute Gasteiger partial charge is 0.322 e. The number of thioether (sulfide) groups is 1. The number of anilines is 1. The summed E-state index contributed by atoms with van der Waals surface area (Å²) in [5, 5.41) is 10.6. The van der Waals surface area contributed by atoms with Gasteiger partial charge >= 0.3 is 6.01 Å². The molecule has 1 N–H and O–H groups in total. The molecule has 0 saturated carbocycles. The van der Waals surface area contributed by atoms with Crippen LogP contribution in [0.4, 0.5) is 6.01 Å². The zero-order valence-electron chi connectivity index (χ0n) is 15.7. The standard InChI is InChI=1S/C21H23N3O2S/c1-4-27-18-11-9-17(10-12-18)20(25)22-21-24-23-19(26-21)13-15-5-7-16(8-6-15)14(2)3/h5-12,14H,4,13H2,1-3H3,(H,22,24,25). The van der Waals surface area contributed by atoms with E-state index in [9.17, 15) is 4.79 Å². The van der Waals surface area contributed by atoms with Gasteiger partial charge in [-0.25, -0.2) is 0 Å². The van der Waals surface area contributed by atoms with E-state index < -0.39 is 0 Å². The summed E-state index contributed by atoms with van der Waals surface area (Å²) in [6, 6.07) is 15.9. The molecule has 0 atom stereocenters. The lowest BCUT2D eigenvalue weighted by atomic mass is 10.0. The Morgan fingerprint density at radius 1 is 1.07 bits per heavy atom. The van der Waals surface area contributed by atoms with Gasteiger partial charge in [-0.3, -0.25) is 10.1 Å². The molecule has 1 amide bonds. The lowest BCUT2D eigenvalue weighted by Crippen LogP contribution is -2.11. The fraction of sp³-hybridized carbons (Fsp3) is 0.286. The lowest BCUT2D eigenvalue weighted by Gasteiger charge is -2.05. The molecule has 3 rings (SSSR count). The molecular weight excluding hydrogens is 358 g/mol. The number of nitrogens with zero attached hydrogens (tertiary/aromatic N) is 2. The van der Waals surface area contributed by atoms with Gasteiger partial charge in [-0.1, -0.05) is 50.1 Å². The Hall–Kier alpha value is -2.60. The van der Waals surface area contributed by atoms with Crippen LogP contribution in [0.2, 0.25) is 0 Å². The predicted molar refractivity (Wildman–Crippen MR) is 108 cm³/mol. The molecule has 140 valence electrons. The van der Waals surface area contributed by atoms with Crippen LogP contribution in [0, 0.1) is 0 Å². The Balaban J connectivity index is 1.60. The molecule has 0 aliphatic carbocycles. The third-order valence-corrected chi connectivity index (χ3v) is 5.01. The average Bonchev–Trinajstić information content (AvgIpc) is 3.10. The fourth-order valence-electron chi connectivity index (χ4n) is 2.61. The van der Waals surface area contributed by atoms with Gasteiger partial charge in [0.25, 0.3) is 5.91 Å². The zero-order chi connectivity index (χ0) is 19.2. The minimum absolute atomic E-state index is 0.112. The number of nitrogens with one attached hydrogen (secondary N) is 1. The van der Waals surface area contributed by atoms with Crippen molar-refractivity contribution in [1.29, 1.82) is 0 Å². The maximum Gasteiger partial charge on any atom is 0.322 e. The van der Waals surface area contributed by atoms with E-state index in [2.05, 4.69) is 60.6 Å². The molecule has 27 heavy (non-hydrogen) atoms. The normalized spacial score (nSPS) is 11.0. The number of hydrogen-bond acceptors (Lipinski definition) is 5. The number of amides is 1. The van der Waals surface area contributed by atoms with E-state index in [1.807, 2.05) is 12.1 Å². The van der Waals surface area contributed by atoms with Gasteiger partial charge in [0.05, 0.1) is 6.42 Å². The third kappa shape index (κ3) is 5.20. The third-order valence-electron chi connectivity index (χ3n) is 4.12. The van der Waals surface area contributed by atoms with E-state index in [-0.39, 0.29) is 11.9 Å². The van der Waals surface area contributed by atoms with Gasteiger partial charge in [-0.2, -0.15) is 0 Å². The molecule has 0 radical (unpaired) electrons. The molecule has 2 aromatic carbocycles. The van der Waals surface area contributed by atoms with Crippen molar-refractivity contribution in [3.05, 3.63) is 71.1 Å². The minimum Gasteiger partial charge on any atom is -0.407 e. The number of hydrogen-bond donors (Lipinski definition) is 1. The highest BCUT2D eigenvalue weighted by Gasteiger charge is 2.12. The van der Waals surface area contributed by atoms with Crippen LogP contribution in [0.25, 0.3) is 0 Å². The van der Waals surface area contributed by atoms with Crippen LogP contribution >= 0.6 is 11.8 Å². The van der Waals surface area contributed by atoms with Crippen molar-refractivity contribution >= 4 is 23.7 Å². The van der Waals surface area contributed by atoms with Crippen LogP contribution in [-0.4, -0.2) is 21.9 Å². The molecule has 0 unspecified atom stereocenters. The summed E-state index contributed by atoms with van der Waals surface area (Å²) in [5.41, 5.74) is 2.94. The Bertz CT molecular complexity index is 887. The van der Waals surface area contributed by atoms with Crippen molar-refractivity contribution in [2.75, 3.05) is 11.1 Å². The fourth-order valence-corrected chi connectivity index (χ4v) is 3.27. The van der Waals surface area contributed by atoms with Gasteiger partial charge in [-0.05, 0) is 47.1 Å². The van der Waals surface area contributed by atoms with Crippen LogP contribution in [0.3, 0.4) is 0 Å². The van der Waals surface area contributed by atoms with Gasteiger partial charge < -0.3 is 4.42 Å². The molecule has 6 heteroatoms. The van der Waals surface area contributed by atoms with Crippen LogP contribution in [0.5, 0.6) is 0 Å². The first kappa shape index (κ1) is 19.2. The number of benzene rings is 2. The summed E-state index contributed by atoms with van der Waals surface area (Å²) in [6.07, 6.45) is 0.532. The maximum atomic E-state index is 12.3. The Kier molecular flexibility index (Phi) is 6.29. The van der Waals surface area contributed by atoms with Crippen molar-refractivity contribution in [3.63, 3.8) is 0 Å². The minimum atomic E-state index is -0.264. The topological polar surface area (TPSA) is 68.0 Å². The molecule has 1 aromatic heterocycles. The van der Waals surface area contributed by atoms with Crippen molar-refractivity contribution in [1.82, 2.24) is 10.2 Å². The molecule has 0 saturated heterocycles. The highest BCUT2D eigenvalue weighted by molar-refractivity contribution is 7.99. The quantitative estimate of drug-likeness (QED) is 0.573. The first-order valence-electron chi connectivity index (χ1n) is 9.00. The van der Waals surface area contributed by atoms with E-state index in [4.69, 9.17) is 4.42 Å². The van der Waals surface area contributed by atoms with E-state index >= 15 is 0 Å². The zero-order valence-corrected chi connectivity index (χ0v) is 16.5. The van der Waals surface area contributed by atoms with Gasteiger partial charge in [-0.15, -0.1) is 16.9 Å². The molecule has 0 fully saturated rings. The first-order valence-corrected chi connectivity index (χ1v) is 9.99.